The van der Waals surface area contributed by atoms with Crippen molar-refractivity contribution in [2.24, 2.45) is 0 Å². The summed E-state index contributed by atoms with van der Waals surface area (Å²) in [6, 6.07) is 9.45. The van der Waals surface area contributed by atoms with E-state index in [1.165, 1.54) is 0 Å². The lowest BCUT2D eigenvalue weighted by molar-refractivity contribution is 0.569. The first kappa shape index (κ1) is 11.0. The van der Waals surface area contributed by atoms with Crippen LogP contribution in [0.1, 0.15) is 18.4 Å². The topological polar surface area (TPSA) is 17.1 Å². The van der Waals surface area contributed by atoms with Crippen molar-refractivity contribution >= 4 is 11.5 Å². The predicted octanol–water partition coefficient (Wildman–Crippen LogP) is 2.87. The Morgan fingerprint density at radius 2 is 2.07 bits per heavy atom. The van der Waals surface area contributed by atoms with Crippen molar-refractivity contribution in [2.45, 2.75) is 12.8 Å². The molecule has 1 rings (SSSR count). The molecule has 0 aliphatic heterocycles. The third kappa shape index (κ3) is 3.68. The molecule has 0 amide bonds. The van der Waals surface area contributed by atoms with E-state index in [9.17, 15) is 4.79 Å². The zero-order valence-corrected chi connectivity index (χ0v) is 8.44. The van der Waals surface area contributed by atoms with E-state index in [0.29, 0.717) is 12.0 Å². The molecule has 1 heteroatoms. The summed E-state index contributed by atoms with van der Waals surface area (Å²) in [7, 11) is 0. The lowest BCUT2D eigenvalue weighted by atomic mass is 10.1. The molecule has 74 valence electrons. The highest BCUT2D eigenvalue weighted by atomic mass is 16.1. The van der Waals surface area contributed by atoms with Gasteiger partial charge >= 0.3 is 0 Å². The number of rotatable bonds is 4. The molecule has 0 spiro atoms. The van der Waals surface area contributed by atoms with E-state index in [2.05, 4.69) is 5.92 Å². The van der Waals surface area contributed by atoms with Crippen molar-refractivity contribution in [1.82, 2.24) is 0 Å². The van der Waals surface area contributed by atoms with Crippen LogP contribution in [0.5, 0.6) is 0 Å². The Balaban J connectivity index is 2.72. The van der Waals surface area contributed by atoms with Gasteiger partial charge in [-0.1, -0.05) is 36.4 Å². The van der Waals surface area contributed by atoms with E-state index in [-0.39, 0.29) is 0 Å². The number of hydrogen-bond acceptors (Lipinski definition) is 1. The Kier molecular flexibility index (Phi) is 4.73. The van der Waals surface area contributed by atoms with Gasteiger partial charge in [-0.05, 0) is 18.1 Å². The first-order valence-corrected chi connectivity index (χ1v) is 4.79. The first-order chi connectivity index (χ1) is 7.38. The molecule has 1 aromatic carbocycles. The average molecular weight is 196 g/mol. The van der Waals surface area contributed by atoms with Gasteiger partial charge in [-0.3, -0.25) is 0 Å². The standard InChI is InChI=1S/C14H12O/c1-2-3-4-6-11-14(12-15)13-9-7-5-8-10-13/h1,5-11H,3-4H2/b11-6+. The molecule has 0 saturated carbocycles. The van der Waals surface area contributed by atoms with Crippen LogP contribution < -0.4 is 0 Å². The van der Waals surface area contributed by atoms with Crippen LogP contribution in [0.3, 0.4) is 0 Å². The highest BCUT2D eigenvalue weighted by Gasteiger charge is 1.95. The summed E-state index contributed by atoms with van der Waals surface area (Å²) in [5, 5.41) is 0. The van der Waals surface area contributed by atoms with Crippen LogP contribution in [0, 0.1) is 12.3 Å². The number of terminal acetylenes is 1. The normalized spacial score (nSPS) is 9.53. The summed E-state index contributed by atoms with van der Waals surface area (Å²) in [6.45, 7) is 0. The maximum atomic E-state index is 10.7. The second-order valence-corrected chi connectivity index (χ2v) is 3.03. The summed E-state index contributed by atoms with van der Waals surface area (Å²) in [5.41, 5.74) is 1.44. The molecule has 0 fully saturated rings. The fraction of sp³-hybridized carbons (Fsp3) is 0.143. The Hall–Kier alpha value is -2.03. The van der Waals surface area contributed by atoms with E-state index < -0.39 is 0 Å². The molecule has 0 aromatic heterocycles. The van der Waals surface area contributed by atoms with Crippen molar-refractivity contribution in [1.29, 1.82) is 0 Å². The highest BCUT2D eigenvalue weighted by molar-refractivity contribution is 5.93. The second kappa shape index (κ2) is 6.43. The van der Waals surface area contributed by atoms with E-state index in [4.69, 9.17) is 6.42 Å². The van der Waals surface area contributed by atoms with Gasteiger partial charge in [0, 0.05) is 6.42 Å². The van der Waals surface area contributed by atoms with Crippen molar-refractivity contribution in [3.05, 3.63) is 48.0 Å². The molecule has 0 N–H and O–H groups in total. The fourth-order valence-electron chi connectivity index (χ4n) is 1.17. The van der Waals surface area contributed by atoms with E-state index in [1.54, 1.807) is 6.08 Å². The zero-order chi connectivity index (χ0) is 10.9. The van der Waals surface area contributed by atoms with Gasteiger partial charge in [0.25, 0.3) is 0 Å². The molecular weight excluding hydrogens is 184 g/mol. The van der Waals surface area contributed by atoms with Gasteiger partial charge in [0.05, 0.1) is 5.57 Å². The van der Waals surface area contributed by atoms with Crippen molar-refractivity contribution in [3.8, 4) is 12.3 Å². The Bertz CT molecular complexity index is 414. The largest absolute Gasteiger partial charge is 0.233 e. The Labute approximate surface area is 90.1 Å². The van der Waals surface area contributed by atoms with Gasteiger partial charge in [-0.2, -0.15) is 0 Å². The molecule has 1 aromatic rings. The van der Waals surface area contributed by atoms with Gasteiger partial charge in [0.2, 0.25) is 0 Å². The van der Waals surface area contributed by atoms with Crippen LogP contribution in [0.25, 0.3) is 5.57 Å². The number of carbonyl (C=O) groups excluding carboxylic acids is 1. The monoisotopic (exact) mass is 196 g/mol. The molecule has 0 saturated heterocycles. The van der Waals surface area contributed by atoms with Crippen LogP contribution in [-0.4, -0.2) is 5.94 Å². The molecule has 0 heterocycles. The van der Waals surface area contributed by atoms with Crippen LogP contribution in [0.4, 0.5) is 0 Å². The zero-order valence-electron chi connectivity index (χ0n) is 8.44. The predicted molar refractivity (Wildman–Crippen MR) is 62.7 cm³/mol. The fourth-order valence-corrected chi connectivity index (χ4v) is 1.17. The lowest BCUT2D eigenvalue weighted by Crippen LogP contribution is -1.80. The van der Waals surface area contributed by atoms with Gasteiger partial charge < -0.3 is 0 Å². The number of benzene rings is 1. The van der Waals surface area contributed by atoms with Crippen LogP contribution in [0.15, 0.2) is 42.5 Å². The minimum atomic E-state index is 0.563. The highest BCUT2D eigenvalue weighted by Crippen LogP contribution is 2.12. The quantitative estimate of drug-likeness (QED) is 0.313. The minimum Gasteiger partial charge on any atom is -0.233 e. The maximum Gasteiger partial charge on any atom is 0.133 e. The van der Waals surface area contributed by atoms with Gasteiger partial charge in [-0.25, -0.2) is 4.79 Å². The van der Waals surface area contributed by atoms with Gasteiger partial charge in [-0.15, -0.1) is 12.3 Å². The van der Waals surface area contributed by atoms with Gasteiger partial charge in [0.15, 0.2) is 0 Å². The summed E-state index contributed by atoms with van der Waals surface area (Å²) in [5.74, 6) is 4.46. The molecular formula is C14H12O. The average Bonchev–Trinajstić information content (AvgIpc) is 2.30. The van der Waals surface area contributed by atoms with E-state index >= 15 is 0 Å². The van der Waals surface area contributed by atoms with E-state index in [1.807, 2.05) is 42.3 Å². The smallest absolute Gasteiger partial charge is 0.133 e. The summed E-state index contributed by atoms with van der Waals surface area (Å²) < 4.78 is 0. The Morgan fingerprint density at radius 1 is 1.33 bits per heavy atom. The minimum absolute atomic E-state index is 0.563. The molecule has 0 aliphatic rings. The Morgan fingerprint density at radius 3 is 2.67 bits per heavy atom. The lowest BCUT2D eigenvalue weighted by Gasteiger charge is -1.96. The number of unbranched alkanes of at least 4 members (excludes halogenated alkanes) is 1. The molecule has 0 radical (unpaired) electrons. The maximum absolute atomic E-state index is 10.7. The summed E-state index contributed by atoms with van der Waals surface area (Å²) in [4.78, 5) is 10.7. The van der Waals surface area contributed by atoms with Gasteiger partial charge in [0.1, 0.15) is 5.94 Å². The molecule has 0 aliphatic carbocycles. The third-order valence-electron chi connectivity index (χ3n) is 1.93. The first-order valence-electron chi connectivity index (χ1n) is 4.79. The summed E-state index contributed by atoms with van der Waals surface area (Å²) >= 11 is 0. The van der Waals surface area contributed by atoms with Crippen molar-refractivity contribution in [2.75, 3.05) is 0 Å². The van der Waals surface area contributed by atoms with E-state index in [0.717, 1.165) is 12.0 Å². The molecule has 15 heavy (non-hydrogen) atoms. The van der Waals surface area contributed by atoms with Crippen LogP contribution >= 0.6 is 0 Å². The van der Waals surface area contributed by atoms with Crippen molar-refractivity contribution < 1.29 is 4.79 Å². The molecule has 0 bridgehead atoms. The molecule has 0 unspecified atom stereocenters. The molecule has 1 nitrogen and oxygen atoms in total. The van der Waals surface area contributed by atoms with Crippen LogP contribution in [-0.2, 0) is 4.79 Å². The SMILES string of the molecule is C#CCC/C=C/C(=C=O)c1ccccc1. The third-order valence-corrected chi connectivity index (χ3v) is 1.93. The second-order valence-electron chi connectivity index (χ2n) is 3.03. The summed E-state index contributed by atoms with van der Waals surface area (Å²) in [6.07, 6.45) is 10.3. The number of allylic oxidation sites excluding steroid dienone is 3. The van der Waals surface area contributed by atoms with Crippen molar-refractivity contribution in [3.63, 3.8) is 0 Å². The number of hydrogen-bond donors (Lipinski definition) is 0. The van der Waals surface area contributed by atoms with Crippen LogP contribution in [0.2, 0.25) is 0 Å². The molecule has 0 atom stereocenters.